The van der Waals surface area contributed by atoms with E-state index in [2.05, 4.69) is 0 Å². The number of benzene rings is 1. The van der Waals surface area contributed by atoms with Gasteiger partial charge in [0.05, 0.1) is 16.1 Å². The Hall–Kier alpha value is -0.800. The Morgan fingerprint density at radius 1 is 1.46 bits per heavy atom. The van der Waals surface area contributed by atoms with Crippen LogP contribution in [0.4, 0.5) is 4.39 Å². The van der Waals surface area contributed by atoms with Gasteiger partial charge in [0.1, 0.15) is 11.6 Å². The van der Waals surface area contributed by atoms with Crippen LogP contribution < -0.4 is 4.74 Å². The first-order chi connectivity index (χ1) is 6.22. The number of fused-ring (bicyclic) bond motifs is 1. The molecule has 0 spiro atoms. The van der Waals surface area contributed by atoms with Crippen LogP contribution in [0.25, 0.3) is 10.1 Å². The summed E-state index contributed by atoms with van der Waals surface area (Å²) in [5.41, 5.74) is 0. The van der Waals surface area contributed by atoms with Crippen LogP contribution in [0.2, 0.25) is 4.34 Å². The first-order valence-electron chi connectivity index (χ1n) is 3.64. The van der Waals surface area contributed by atoms with Crippen molar-refractivity contribution in [3.63, 3.8) is 0 Å². The standard InChI is InChI=1S/C9H6ClFOS/c1-12-7-3-2-6(11)5-4-8(10)13-9(5)7/h2-4H,1H3. The average molecular weight is 217 g/mol. The zero-order valence-corrected chi connectivity index (χ0v) is 8.38. The SMILES string of the molecule is COc1ccc(F)c2cc(Cl)sc12. The Labute approximate surface area is 83.7 Å². The van der Waals surface area contributed by atoms with E-state index in [1.807, 2.05) is 0 Å². The minimum absolute atomic E-state index is 0.265. The number of rotatable bonds is 1. The summed E-state index contributed by atoms with van der Waals surface area (Å²) in [6.45, 7) is 0. The number of thiophene rings is 1. The Balaban J connectivity index is 2.83. The van der Waals surface area contributed by atoms with Gasteiger partial charge in [0, 0.05) is 5.39 Å². The average Bonchev–Trinajstić information content (AvgIpc) is 2.48. The summed E-state index contributed by atoms with van der Waals surface area (Å²) in [6, 6.07) is 4.59. The van der Waals surface area contributed by atoms with E-state index in [9.17, 15) is 4.39 Å². The van der Waals surface area contributed by atoms with Crippen LogP contribution in [0, 0.1) is 5.82 Å². The van der Waals surface area contributed by atoms with Crippen LogP contribution in [0.1, 0.15) is 0 Å². The molecule has 2 rings (SSSR count). The Morgan fingerprint density at radius 2 is 2.23 bits per heavy atom. The Bertz CT molecular complexity index is 452. The molecule has 0 amide bonds. The minimum Gasteiger partial charge on any atom is -0.495 e. The molecule has 0 saturated carbocycles. The van der Waals surface area contributed by atoms with Gasteiger partial charge < -0.3 is 4.74 Å². The Morgan fingerprint density at radius 3 is 2.92 bits per heavy atom. The summed E-state index contributed by atoms with van der Waals surface area (Å²) in [5.74, 6) is 0.396. The topological polar surface area (TPSA) is 9.23 Å². The van der Waals surface area contributed by atoms with Gasteiger partial charge in [-0.1, -0.05) is 11.6 Å². The summed E-state index contributed by atoms with van der Waals surface area (Å²) in [4.78, 5) is 0. The van der Waals surface area contributed by atoms with E-state index in [0.29, 0.717) is 15.5 Å². The summed E-state index contributed by atoms with van der Waals surface area (Å²) in [6.07, 6.45) is 0. The lowest BCUT2D eigenvalue weighted by molar-refractivity contribution is 0.420. The van der Waals surface area contributed by atoms with Crippen molar-refractivity contribution >= 4 is 33.0 Å². The summed E-state index contributed by atoms with van der Waals surface area (Å²) in [7, 11) is 1.56. The van der Waals surface area contributed by atoms with Crippen molar-refractivity contribution in [1.29, 1.82) is 0 Å². The lowest BCUT2D eigenvalue weighted by atomic mass is 10.2. The molecule has 1 heterocycles. The fourth-order valence-electron chi connectivity index (χ4n) is 1.20. The van der Waals surface area contributed by atoms with E-state index >= 15 is 0 Å². The molecule has 13 heavy (non-hydrogen) atoms. The van der Waals surface area contributed by atoms with E-state index < -0.39 is 0 Å². The van der Waals surface area contributed by atoms with Crippen molar-refractivity contribution in [2.45, 2.75) is 0 Å². The maximum Gasteiger partial charge on any atom is 0.136 e. The quantitative estimate of drug-likeness (QED) is 0.706. The minimum atomic E-state index is -0.265. The lowest BCUT2D eigenvalue weighted by Gasteiger charge is -2.00. The van der Waals surface area contributed by atoms with Crippen LogP contribution in [0.3, 0.4) is 0 Å². The summed E-state index contributed by atoms with van der Waals surface area (Å²) in [5, 5.41) is 0.523. The highest BCUT2D eigenvalue weighted by Crippen LogP contribution is 2.37. The van der Waals surface area contributed by atoms with Gasteiger partial charge in [-0.3, -0.25) is 0 Å². The third-order valence-electron chi connectivity index (χ3n) is 1.78. The molecule has 0 N–H and O–H groups in total. The lowest BCUT2D eigenvalue weighted by Crippen LogP contribution is -1.83. The predicted octanol–water partition coefficient (Wildman–Crippen LogP) is 3.70. The first kappa shape index (κ1) is 8.78. The zero-order valence-electron chi connectivity index (χ0n) is 6.80. The van der Waals surface area contributed by atoms with Gasteiger partial charge in [0.15, 0.2) is 0 Å². The van der Waals surface area contributed by atoms with Crippen molar-refractivity contribution in [2.75, 3.05) is 7.11 Å². The molecule has 1 aromatic heterocycles. The fraction of sp³-hybridized carbons (Fsp3) is 0.111. The second-order valence-electron chi connectivity index (χ2n) is 2.54. The molecule has 0 aliphatic heterocycles. The van der Waals surface area contributed by atoms with E-state index in [1.165, 1.54) is 17.4 Å². The molecule has 1 nitrogen and oxygen atoms in total. The largest absolute Gasteiger partial charge is 0.495 e. The zero-order chi connectivity index (χ0) is 9.42. The van der Waals surface area contributed by atoms with Gasteiger partial charge >= 0.3 is 0 Å². The molecule has 0 bridgehead atoms. The highest BCUT2D eigenvalue weighted by atomic mass is 35.5. The number of hydrogen-bond acceptors (Lipinski definition) is 2. The third kappa shape index (κ3) is 1.38. The van der Waals surface area contributed by atoms with E-state index in [4.69, 9.17) is 16.3 Å². The van der Waals surface area contributed by atoms with Crippen molar-refractivity contribution < 1.29 is 9.13 Å². The monoisotopic (exact) mass is 216 g/mol. The molecule has 68 valence electrons. The molecule has 0 aliphatic carbocycles. The number of methoxy groups -OCH3 is 1. The second kappa shape index (κ2) is 3.16. The second-order valence-corrected chi connectivity index (χ2v) is 4.23. The maximum absolute atomic E-state index is 13.2. The first-order valence-corrected chi connectivity index (χ1v) is 4.83. The van der Waals surface area contributed by atoms with Crippen LogP contribution >= 0.6 is 22.9 Å². The molecular weight excluding hydrogens is 211 g/mol. The third-order valence-corrected chi connectivity index (χ3v) is 3.06. The Kier molecular flexibility index (Phi) is 2.14. The van der Waals surface area contributed by atoms with E-state index in [1.54, 1.807) is 19.2 Å². The van der Waals surface area contributed by atoms with Crippen molar-refractivity contribution in [1.82, 2.24) is 0 Å². The number of halogens is 2. The fourth-order valence-corrected chi connectivity index (χ4v) is 2.43. The highest BCUT2D eigenvalue weighted by molar-refractivity contribution is 7.23. The van der Waals surface area contributed by atoms with Crippen molar-refractivity contribution in [3.8, 4) is 5.75 Å². The summed E-state index contributed by atoms with van der Waals surface area (Å²) >= 11 is 7.10. The van der Waals surface area contributed by atoms with Crippen LogP contribution in [0.5, 0.6) is 5.75 Å². The molecule has 2 aromatic rings. The molecule has 0 unspecified atom stereocenters. The molecule has 0 fully saturated rings. The van der Waals surface area contributed by atoms with Crippen LogP contribution in [-0.2, 0) is 0 Å². The number of hydrogen-bond donors (Lipinski definition) is 0. The smallest absolute Gasteiger partial charge is 0.136 e. The molecule has 0 aliphatic rings. The molecular formula is C9H6ClFOS. The highest BCUT2D eigenvalue weighted by Gasteiger charge is 2.09. The van der Waals surface area contributed by atoms with Gasteiger partial charge in [-0.2, -0.15) is 0 Å². The van der Waals surface area contributed by atoms with Crippen molar-refractivity contribution in [3.05, 3.63) is 28.4 Å². The predicted molar refractivity (Wildman–Crippen MR) is 53.3 cm³/mol. The van der Waals surface area contributed by atoms with Gasteiger partial charge in [-0.25, -0.2) is 4.39 Å². The van der Waals surface area contributed by atoms with Crippen molar-refractivity contribution in [2.24, 2.45) is 0 Å². The van der Waals surface area contributed by atoms with Gasteiger partial charge in [-0.05, 0) is 18.2 Å². The van der Waals surface area contributed by atoms with E-state index in [-0.39, 0.29) is 5.82 Å². The summed E-state index contributed by atoms with van der Waals surface area (Å²) < 4.78 is 19.6. The molecule has 1 aromatic carbocycles. The normalized spacial score (nSPS) is 10.7. The van der Waals surface area contributed by atoms with Gasteiger partial charge in [0.25, 0.3) is 0 Å². The molecule has 0 atom stereocenters. The van der Waals surface area contributed by atoms with Crippen LogP contribution in [0.15, 0.2) is 18.2 Å². The van der Waals surface area contributed by atoms with Crippen LogP contribution in [-0.4, -0.2) is 7.11 Å². The van der Waals surface area contributed by atoms with E-state index in [0.717, 1.165) is 4.70 Å². The van der Waals surface area contributed by atoms with Gasteiger partial charge in [-0.15, -0.1) is 11.3 Å². The maximum atomic E-state index is 13.2. The molecule has 0 saturated heterocycles. The number of ether oxygens (including phenoxy) is 1. The van der Waals surface area contributed by atoms with Gasteiger partial charge in [0.2, 0.25) is 0 Å². The molecule has 4 heteroatoms. The molecule has 0 radical (unpaired) electrons.